The van der Waals surface area contributed by atoms with Crippen LogP contribution in [0.2, 0.25) is 0 Å². The summed E-state index contributed by atoms with van der Waals surface area (Å²) in [5.41, 5.74) is 2.27. The zero-order valence-electron chi connectivity index (χ0n) is 12.9. The van der Waals surface area contributed by atoms with Gasteiger partial charge in [-0.2, -0.15) is 16.1 Å². The molecule has 0 radical (unpaired) electrons. The Bertz CT molecular complexity index is 587. The van der Waals surface area contributed by atoms with Crippen molar-refractivity contribution in [2.75, 3.05) is 25.9 Å². The molecule has 1 aromatic carbocycles. The van der Waals surface area contributed by atoms with E-state index < -0.39 is 10.0 Å². The highest BCUT2D eigenvalue weighted by Crippen LogP contribution is 2.25. The molecule has 0 spiro atoms. The third-order valence-corrected chi connectivity index (χ3v) is 6.76. The van der Waals surface area contributed by atoms with Crippen LogP contribution in [0.1, 0.15) is 25.0 Å². The number of nitrogens with zero attached hydrogens (tertiary/aromatic N) is 1. The van der Waals surface area contributed by atoms with E-state index in [1.807, 2.05) is 30.9 Å². The maximum Gasteiger partial charge on any atom is 0.243 e. The number of hydrogen-bond donors (Lipinski definition) is 1. The van der Waals surface area contributed by atoms with Crippen LogP contribution in [0.4, 0.5) is 0 Å². The highest BCUT2D eigenvalue weighted by atomic mass is 32.2. The lowest BCUT2D eigenvalue weighted by Crippen LogP contribution is -2.41. The molecule has 1 atom stereocenters. The van der Waals surface area contributed by atoms with Gasteiger partial charge in [-0.1, -0.05) is 19.9 Å². The molecule has 0 saturated carbocycles. The second-order valence-corrected chi connectivity index (χ2v) is 8.84. The van der Waals surface area contributed by atoms with Gasteiger partial charge in [-0.25, -0.2) is 8.42 Å². The lowest BCUT2D eigenvalue weighted by atomic mass is 10.1. The number of nitrogens with one attached hydrogen (secondary N) is 1. The summed E-state index contributed by atoms with van der Waals surface area (Å²) in [6, 6.07) is 5.53. The van der Waals surface area contributed by atoms with Crippen molar-refractivity contribution in [2.24, 2.45) is 0 Å². The quantitative estimate of drug-likeness (QED) is 0.899. The van der Waals surface area contributed by atoms with E-state index in [4.69, 9.17) is 0 Å². The molecule has 0 aromatic heterocycles. The summed E-state index contributed by atoms with van der Waals surface area (Å²) in [5, 5.41) is 3.47. The molecule has 1 fully saturated rings. The molecule has 1 unspecified atom stereocenters. The van der Waals surface area contributed by atoms with Gasteiger partial charge in [0.15, 0.2) is 0 Å². The van der Waals surface area contributed by atoms with E-state index in [0.717, 1.165) is 17.7 Å². The fourth-order valence-electron chi connectivity index (χ4n) is 2.62. The van der Waals surface area contributed by atoms with Gasteiger partial charge in [-0.05, 0) is 36.7 Å². The Morgan fingerprint density at radius 1 is 1.38 bits per heavy atom. The smallest absolute Gasteiger partial charge is 0.243 e. The number of hydrogen-bond acceptors (Lipinski definition) is 4. The monoisotopic (exact) mass is 328 g/mol. The molecule has 118 valence electrons. The first-order chi connectivity index (χ1) is 9.98. The molecule has 1 N–H and O–H groups in total. The molecular formula is C15H24N2O2S2. The predicted molar refractivity (Wildman–Crippen MR) is 89.3 cm³/mol. The Morgan fingerprint density at radius 2 is 2.14 bits per heavy atom. The summed E-state index contributed by atoms with van der Waals surface area (Å²) in [6.07, 6.45) is 0.911. The van der Waals surface area contributed by atoms with Gasteiger partial charge in [-0.15, -0.1) is 0 Å². The molecule has 21 heavy (non-hydrogen) atoms. The minimum Gasteiger partial charge on any atom is -0.316 e. The van der Waals surface area contributed by atoms with Gasteiger partial charge in [0, 0.05) is 30.6 Å². The van der Waals surface area contributed by atoms with Crippen LogP contribution in [-0.4, -0.2) is 43.9 Å². The van der Waals surface area contributed by atoms with Crippen LogP contribution in [0.3, 0.4) is 0 Å². The highest BCUT2D eigenvalue weighted by Gasteiger charge is 2.29. The lowest BCUT2D eigenvalue weighted by Gasteiger charge is -2.30. The minimum absolute atomic E-state index is 0.361. The van der Waals surface area contributed by atoms with E-state index in [0.29, 0.717) is 29.8 Å². The van der Waals surface area contributed by atoms with Crippen LogP contribution < -0.4 is 5.32 Å². The van der Waals surface area contributed by atoms with Gasteiger partial charge in [0.25, 0.3) is 0 Å². The van der Waals surface area contributed by atoms with E-state index in [-0.39, 0.29) is 0 Å². The van der Waals surface area contributed by atoms with Crippen molar-refractivity contribution in [2.45, 2.75) is 37.0 Å². The fraction of sp³-hybridized carbons (Fsp3) is 0.600. The van der Waals surface area contributed by atoms with E-state index in [2.05, 4.69) is 19.2 Å². The van der Waals surface area contributed by atoms with Crippen LogP contribution in [0.5, 0.6) is 0 Å². The fourth-order valence-corrected chi connectivity index (χ4v) is 5.42. The molecule has 2 rings (SSSR count). The normalized spacial score (nSPS) is 20.6. The highest BCUT2D eigenvalue weighted by molar-refractivity contribution is 8.00. The maximum absolute atomic E-state index is 12.8. The summed E-state index contributed by atoms with van der Waals surface area (Å²) >= 11 is 1.83. The Labute approximate surface area is 132 Å². The summed E-state index contributed by atoms with van der Waals surface area (Å²) in [7, 11) is -1.49. The van der Waals surface area contributed by atoms with Crippen molar-refractivity contribution in [3.05, 3.63) is 29.3 Å². The third kappa shape index (κ3) is 3.80. The number of thioether (sulfide) groups is 1. The standard InChI is InChI=1S/C15H24N2O2S2/c1-4-13-5-6-15(9-14(13)10-16-3)21(18,19)17-7-8-20-12(2)11-17/h5-6,9,12,16H,4,7-8,10-11H2,1-3H3. The molecule has 1 saturated heterocycles. The van der Waals surface area contributed by atoms with Crippen molar-refractivity contribution in [3.63, 3.8) is 0 Å². The summed E-state index contributed by atoms with van der Waals surface area (Å²) in [6.45, 7) is 6.07. The van der Waals surface area contributed by atoms with Crippen molar-refractivity contribution in [1.29, 1.82) is 0 Å². The van der Waals surface area contributed by atoms with Gasteiger partial charge in [0.2, 0.25) is 10.0 Å². The first-order valence-corrected chi connectivity index (χ1v) is 9.86. The van der Waals surface area contributed by atoms with Crippen LogP contribution in [0.25, 0.3) is 0 Å². The molecule has 0 bridgehead atoms. The molecule has 1 aliphatic rings. The van der Waals surface area contributed by atoms with Crippen LogP contribution in [0, 0.1) is 0 Å². The van der Waals surface area contributed by atoms with E-state index >= 15 is 0 Å². The second-order valence-electron chi connectivity index (χ2n) is 5.36. The molecule has 4 nitrogen and oxygen atoms in total. The first kappa shape index (κ1) is 16.8. The van der Waals surface area contributed by atoms with Crippen molar-refractivity contribution < 1.29 is 8.42 Å². The molecule has 6 heteroatoms. The van der Waals surface area contributed by atoms with E-state index in [1.54, 1.807) is 10.4 Å². The largest absolute Gasteiger partial charge is 0.316 e. The molecule has 0 amide bonds. The summed E-state index contributed by atoms with van der Waals surface area (Å²) in [4.78, 5) is 0.420. The Balaban J connectivity index is 2.33. The minimum atomic E-state index is -3.37. The number of sulfonamides is 1. The van der Waals surface area contributed by atoms with Crippen LogP contribution in [0.15, 0.2) is 23.1 Å². The topological polar surface area (TPSA) is 49.4 Å². The van der Waals surface area contributed by atoms with Crippen molar-refractivity contribution in [3.8, 4) is 0 Å². The molecule has 1 aliphatic heterocycles. The molecule has 1 heterocycles. The Kier molecular flexibility index (Phi) is 5.71. The Morgan fingerprint density at radius 3 is 2.76 bits per heavy atom. The van der Waals surface area contributed by atoms with Crippen molar-refractivity contribution >= 4 is 21.8 Å². The molecule has 0 aliphatic carbocycles. The number of rotatable bonds is 5. The van der Waals surface area contributed by atoms with Gasteiger partial charge in [0.05, 0.1) is 4.90 Å². The average molecular weight is 329 g/mol. The SMILES string of the molecule is CCc1ccc(S(=O)(=O)N2CCSC(C)C2)cc1CNC. The first-order valence-electron chi connectivity index (χ1n) is 7.37. The van der Waals surface area contributed by atoms with Crippen LogP contribution in [-0.2, 0) is 23.0 Å². The molecular weight excluding hydrogens is 304 g/mol. The van der Waals surface area contributed by atoms with Gasteiger partial charge < -0.3 is 5.32 Å². The van der Waals surface area contributed by atoms with E-state index in [9.17, 15) is 8.42 Å². The lowest BCUT2D eigenvalue weighted by molar-refractivity contribution is 0.424. The molecule has 1 aromatic rings. The van der Waals surface area contributed by atoms with Gasteiger partial charge in [-0.3, -0.25) is 0 Å². The Hall–Kier alpha value is -0.560. The zero-order chi connectivity index (χ0) is 15.5. The third-order valence-electron chi connectivity index (χ3n) is 3.77. The number of benzene rings is 1. The van der Waals surface area contributed by atoms with E-state index in [1.165, 1.54) is 5.56 Å². The van der Waals surface area contributed by atoms with Gasteiger partial charge in [0.1, 0.15) is 0 Å². The summed E-state index contributed by atoms with van der Waals surface area (Å²) < 4.78 is 27.2. The average Bonchev–Trinajstić information content (AvgIpc) is 2.47. The number of aryl methyl sites for hydroxylation is 1. The maximum atomic E-state index is 12.8. The van der Waals surface area contributed by atoms with Crippen molar-refractivity contribution in [1.82, 2.24) is 9.62 Å². The van der Waals surface area contributed by atoms with Gasteiger partial charge >= 0.3 is 0 Å². The summed E-state index contributed by atoms with van der Waals surface area (Å²) in [5.74, 6) is 0.872. The zero-order valence-corrected chi connectivity index (χ0v) is 14.6. The predicted octanol–water partition coefficient (Wildman–Crippen LogP) is 2.09. The second kappa shape index (κ2) is 7.13. The van der Waals surface area contributed by atoms with Crippen LogP contribution >= 0.6 is 11.8 Å².